The second-order valence-corrected chi connectivity index (χ2v) is 6.63. The predicted molar refractivity (Wildman–Crippen MR) is 92.6 cm³/mol. The Bertz CT molecular complexity index is 854. The Morgan fingerprint density at radius 3 is 2.68 bits per heavy atom. The Balaban J connectivity index is 1.63. The normalized spacial score (nSPS) is 20.4. The molecule has 0 bridgehead atoms. The van der Waals surface area contributed by atoms with E-state index >= 15 is 0 Å². The van der Waals surface area contributed by atoms with Crippen LogP contribution in [0, 0.1) is 12.8 Å². The minimum absolute atomic E-state index is 0.127. The van der Waals surface area contributed by atoms with Crippen molar-refractivity contribution in [1.29, 1.82) is 0 Å². The summed E-state index contributed by atoms with van der Waals surface area (Å²) in [5.41, 5.74) is 3.26. The average molecular weight is 339 g/mol. The van der Waals surface area contributed by atoms with Gasteiger partial charge in [0.2, 0.25) is 5.95 Å². The topological polar surface area (TPSA) is 84.9 Å². The highest BCUT2D eigenvalue weighted by molar-refractivity contribution is 5.43. The van der Waals surface area contributed by atoms with E-state index in [-0.39, 0.29) is 18.4 Å². The summed E-state index contributed by atoms with van der Waals surface area (Å²) in [6.07, 6.45) is 3.89. The van der Waals surface area contributed by atoms with Crippen LogP contribution in [0.2, 0.25) is 0 Å². The number of nitrogens with zero attached hydrogens (tertiary/aromatic N) is 7. The van der Waals surface area contributed by atoms with E-state index in [0.717, 1.165) is 17.8 Å². The van der Waals surface area contributed by atoms with Gasteiger partial charge < -0.3 is 10.0 Å². The van der Waals surface area contributed by atoms with E-state index in [1.54, 1.807) is 9.36 Å². The summed E-state index contributed by atoms with van der Waals surface area (Å²) in [5, 5.41) is 26.3. The molecular formula is C17H21N7O. The zero-order valence-corrected chi connectivity index (χ0v) is 14.3. The van der Waals surface area contributed by atoms with Crippen molar-refractivity contribution in [2.45, 2.75) is 12.8 Å². The van der Waals surface area contributed by atoms with Crippen LogP contribution in [0.15, 0.2) is 36.7 Å². The summed E-state index contributed by atoms with van der Waals surface area (Å²) >= 11 is 0. The van der Waals surface area contributed by atoms with E-state index in [0.29, 0.717) is 12.5 Å². The summed E-state index contributed by atoms with van der Waals surface area (Å²) in [4.78, 5) is 2.14. The molecule has 0 aliphatic carbocycles. The lowest BCUT2D eigenvalue weighted by Crippen LogP contribution is -2.24. The molecule has 130 valence electrons. The Labute approximate surface area is 145 Å². The van der Waals surface area contributed by atoms with Gasteiger partial charge in [-0.05, 0) is 35.0 Å². The molecule has 1 N–H and O–H groups in total. The molecular weight excluding hydrogens is 318 g/mol. The van der Waals surface area contributed by atoms with E-state index in [1.165, 1.54) is 5.56 Å². The maximum Gasteiger partial charge on any atom is 0.250 e. The molecule has 0 unspecified atom stereocenters. The zero-order chi connectivity index (χ0) is 17.4. The highest BCUT2D eigenvalue weighted by Crippen LogP contribution is 2.34. The number of aromatic nitrogens is 6. The van der Waals surface area contributed by atoms with Gasteiger partial charge in [-0.3, -0.25) is 4.68 Å². The fourth-order valence-corrected chi connectivity index (χ4v) is 3.46. The van der Waals surface area contributed by atoms with Crippen LogP contribution in [0.25, 0.3) is 5.69 Å². The van der Waals surface area contributed by atoms with Crippen molar-refractivity contribution in [2.24, 2.45) is 13.0 Å². The molecule has 1 fully saturated rings. The number of hydrogen-bond donors (Lipinski definition) is 1. The quantitative estimate of drug-likeness (QED) is 0.761. The first kappa shape index (κ1) is 15.8. The highest BCUT2D eigenvalue weighted by atomic mass is 16.3. The summed E-state index contributed by atoms with van der Waals surface area (Å²) in [6, 6.07) is 8.10. The molecule has 4 rings (SSSR count). The number of hydrogen-bond acceptors (Lipinski definition) is 6. The van der Waals surface area contributed by atoms with Crippen molar-refractivity contribution in [3.05, 3.63) is 47.8 Å². The smallest absolute Gasteiger partial charge is 0.250 e. The third-order valence-electron chi connectivity index (χ3n) is 4.84. The Morgan fingerprint density at radius 1 is 1.20 bits per heavy atom. The molecule has 1 aliphatic heterocycles. The minimum atomic E-state index is 0.127. The monoisotopic (exact) mass is 339 g/mol. The first-order valence-corrected chi connectivity index (χ1v) is 8.35. The second kappa shape index (κ2) is 6.29. The Morgan fingerprint density at radius 2 is 2.00 bits per heavy atom. The lowest BCUT2D eigenvalue weighted by molar-refractivity contribution is 0.227. The third-order valence-corrected chi connectivity index (χ3v) is 4.84. The van der Waals surface area contributed by atoms with E-state index in [4.69, 9.17) is 0 Å². The molecule has 0 saturated carbocycles. The lowest BCUT2D eigenvalue weighted by Gasteiger charge is -2.16. The Kier molecular flexibility index (Phi) is 3.96. The van der Waals surface area contributed by atoms with Crippen molar-refractivity contribution in [2.75, 3.05) is 24.6 Å². The van der Waals surface area contributed by atoms with Crippen LogP contribution < -0.4 is 4.90 Å². The predicted octanol–water partition coefficient (Wildman–Crippen LogP) is 0.917. The molecule has 8 nitrogen and oxygen atoms in total. The van der Waals surface area contributed by atoms with Crippen molar-refractivity contribution in [3.63, 3.8) is 0 Å². The summed E-state index contributed by atoms with van der Waals surface area (Å²) in [7, 11) is 1.90. The van der Waals surface area contributed by atoms with Crippen LogP contribution in [-0.4, -0.2) is 54.8 Å². The molecule has 3 heterocycles. The number of anilines is 1. The fraction of sp³-hybridized carbons (Fsp3) is 0.412. The molecule has 1 saturated heterocycles. The van der Waals surface area contributed by atoms with Gasteiger partial charge >= 0.3 is 0 Å². The van der Waals surface area contributed by atoms with Gasteiger partial charge in [0.1, 0.15) is 0 Å². The molecule has 0 amide bonds. The minimum Gasteiger partial charge on any atom is -0.396 e. The van der Waals surface area contributed by atoms with Gasteiger partial charge in [0, 0.05) is 44.8 Å². The standard InChI is InChI=1S/C17H21N7O/c1-12-3-5-15(6-4-12)24-17(19-20-21-24)23-9-14(11-25)16(10-23)13-7-18-22(2)8-13/h3-8,14,16,25H,9-11H2,1-2H3/t14-,16-/m0/s1. The SMILES string of the molecule is Cc1ccc(-n2nnnc2N2C[C@@H](CO)[C@H](c3cnn(C)c3)C2)cc1. The van der Waals surface area contributed by atoms with E-state index in [2.05, 4.69) is 32.4 Å². The van der Waals surface area contributed by atoms with Crippen LogP contribution in [0.3, 0.4) is 0 Å². The molecule has 2 aromatic heterocycles. The summed E-state index contributed by atoms with van der Waals surface area (Å²) < 4.78 is 3.54. The number of aliphatic hydroxyl groups is 1. The second-order valence-electron chi connectivity index (χ2n) is 6.63. The molecule has 1 aromatic carbocycles. The summed E-state index contributed by atoms with van der Waals surface area (Å²) in [6.45, 7) is 3.64. The van der Waals surface area contributed by atoms with Crippen molar-refractivity contribution < 1.29 is 5.11 Å². The average Bonchev–Trinajstić information content (AvgIpc) is 3.33. The van der Waals surface area contributed by atoms with Crippen molar-refractivity contribution in [1.82, 2.24) is 30.0 Å². The molecule has 25 heavy (non-hydrogen) atoms. The Hall–Kier alpha value is -2.74. The summed E-state index contributed by atoms with van der Waals surface area (Å²) in [5.74, 6) is 1.04. The maximum atomic E-state index is 9.82. The number of aliphatic hydroxyl groups excluding tert-OH is 1. The first-order chi connectivity index (χ1) is 12.2. The van der Waals surface area contributed by atoms with Gasteiger partial charge in [-0.2, -0.15) is 9.78 Å². The first-order valence-electron chi connectivity index (χ1n) is 8.35. The molecule has 3 aromatic rings. The van der Waals surface area contributed by atoms with Gasteiger partial charge in [0.15, 0.2) is 0 Å². The molecule has 1 aliphatic rings. The maximum absolute atomic E-state index is 9.82. The van der Waals surface area contributed by atoms with E-state index < -0.39 is 0 Å². The number of benzene rings is 1. The van der Waals surface area contributed by atoms with Gasteiger partial charge in [0.05, 0.1) is 11.9 Å². The van der Waals surface area contributed by atoms with Crippen molar-refractivity contribution in [3.8, 4) is 5.69 Å². The zero-order valence-electron chi connectivity index (χ0n) is 14.3. The van der Waals surface area contributed by atoms with Gasteiger partial charge in [-0.15, -0.1) is 0 Å². The van der Waals surface area contributed by atoms with Gasteiger partial charge in [0.25, 0.3) is 0 Å². The van der Waals surface area contributed by atoms with Crippen LogP contribution in [-0.2, 0) is 7.05 Å². The van der Waals surface area contributed by atoms with E-state index in [1.807, 2.05) is 43.7 Å². The van der Waals surface area contributed by atoms with Crippen LogP contribution >= 0.6 is 0 Å². The van der Waals surface area contributed by atoms with E-state index in [9.17, 15) is 5.11 Å². The van der Waals surface area contributed by atoms with Gasteiger partial charge in [-0.25, -0.2) is 0 Å². The number of rotatable bonds is 4. The lowest BCUT2D eigenvalue weighted by atomic mass is 9.92. The van der Waals surface area contributed by atoms with Crippen LogP contribution in [0.4, 0.5) is 5.95 Å². The molecule has 2 atom stereocenters. The molecule has 0 spiro atoms. The fourth-order valence-electron chi connectivity index (χ4n) is 3.46. The van der Waals surface area contributed by atoms with Crippen LogP contribution in [0.5, 0.6) is 0 Å². The largest absolute Gasteiger partial charge is 0.396 e. The molecule has 8 heteroatoms. The third kappa shape index (κ3) is 2.89. The highest BCUT2D eigenvalue weighted by Gasteiger charge is 2.36. The van der Waals surface area contributed by atoms with Gasteiger partial charge in [-0.1, -0.05) is 22.8 Å². The van der Waals surface area contributed by atoms with Crippen LogP contribution in [0.1, 0.15) is 17.0 Å². The van der Waals surface area contributed by atoms with Crippen molar-refractivity contribution >= 4 is 5.95 Å². The number of aryl methyl sites for hydroxylation is 2. The number of tetrazole rings is 1. The molecule has 0 radical (unpaired) electrons.